The molecule has 1 fully saturated rings. The lowest BCUT2D eigenvalue weighted by Crippen LogP contribution is -2.28. The van der Waals surface area contributed by atoms with E-state index in [4.69, 9.17) is 0 Å². The van der Waals surface area contributed by atoms with E-state index in [2.05, 4.69) is 12.2 Å². The third-order valence-corrected chi connectivity index (χ3v) is 4.11. The summed E-state index contributed by atoms with van der Waals surface area (Å²) >= 11 is 0. The van der Waals surface area contributed by atoms with Crippen LogP contribution in [0.4, 0.5) is 5.69 Å². The van der Waals surface area contributed by atoms with Crippen LogP contribution in [0, 0.1) is 16.0 Å². The number of nitro groups is 1. The molecule has 0 saturated heterocycles. The molecule has 1 aliphatic carbocycles. The number of nitro benzene ring substituents is 1. The van der Waals surface area contributed by atoms with E-state index < -0.39 is 0 Å². The summed E-state index contributed by atoms with van der Waals surface area (Å²) in [6.07, 6.45) is 6.17. The second-order valence-corrected chi connectivity index (χ2v) is 5.41. The summed E-state index contributed by atoms with van der Waals surface area (Å²) in [7, 11) is 0. The SMILES string of the molecule is CCC1CCC(NCCc2ccc([N+](=O)[O-])cc2)C1. The molecular formula is C15H22N2O2. The Morgan fingerprint density at radius 1 is 1.32 bits per heavy atom. The fraction of sp³-hybridized carbons (Fsp3) is 0.600. The Hall–Kier alpha value is -1.42. The fourth-order valence-corrected chi connectivity index (χ4v) is 2.84. The summed E-state index contributed by atoms with van der Waals surface area (Å²) in [6, 6.07) is 7.53. The molecule has 1 aliphatic rings. The number of benzene rings is 1. The minimum Gasteiger partial charge on any atom is -0.314 e. The molecule has 1 saturated carbocycles. The Morgan fingerprint density at radius 3 is 2.63 bits per heavy atom. The summed E-state index contributed by atoms with van der Waals surface area (Å²) in [5.74, 6) is 0.900. The maximum atomic E-state index is 10.6. The quantitative estimate of drug-likeness (QED) is 0.632. The normalized spacial score (nSPS) is 22.6. The van der Waals surface area contributed by atoms with Gasteiger partial charge in [-0.05, 0) is 43.7 Å². The summed E-state index contributed by atoms with van der Waals surface area (Å²) < 4.78 is 0. The summed E-state index contributed by atoms with van der Waals surface area (Å²) in [5.41, 5.74) is 1.32. The summed E-state index contributed by atoms with van der Waals surface area (Å²) in [6.45, 7) is 3.23. The first-order chi connectivity index (χ1) is 9.19. The largest absolute Gasteiger partial charge is 0.314 e. The van der Waals surface area contributed by atoms with Crippen LogP contribution in [0.3, 0.4) is 0 Å². The first-order valence-corrected chi connectivity index (χ1v) is 7.15. The Morgan fingerprint density at radius 2 is 2.05 bits per heavy atom. The Bertz CT molecular complexity index is 417. The van der Waals surface area contributed by atoms with Crippen LogP contribution in [0.5, 0.6) is 0 Å². The first kappa shape index (κ1) is 14.0. The van der Waals surface area contributed by atoms with Crippen molar-refractivity contribution in [1.82, 2.24) is 5.32 Å². The van der Waals surface area contributed by atoms with E-state index in [9.17, 15) is 10.1 Å². The number of hydrogen-bond donors (Lipinski definition) is 1. The van der Waals surface area contributed by atoms with Crippen LogP contribution in [0.1, 0.15) is 38.2 Å². The van der Waals surface area contributed by atoms with E-state index in [1.54, 1.807) is 12.1 Å². The van der Waals surface area contributed by atoms with Crippen molar-refractivity contribution in [2.75, 3.05) is 6.54 Å². The van der Waals surface area contributed by atoms with Gasteiger partial charge in [-0.2, -0.15) is 0 Å². The number of nitrogens with zero attached hydrogens (tertiary/aromatic N) is 1. The van der Waals surface area contributed by atoms with Gasteiger partial charge in [0.1, 0.15) is 0 Å². The molecule has 0 radical (unpaired) electrons. The van der Waals surface area contributed by atoms with Crippen LogP contribution in [0.25, 0.3) is 0 Å². The van der Waals surface area contributed by atoms with Crippen molar-refractivity contribution >= 4 is 5.69 Å². The van der Waals surface area contributed by atoms with Gasteiger partial charge in [0, 0.05) is 18.2 Å². The molecule has 0 bridgehead atoms. The van der Waals surface area contributed by atoms with Gasteiger partial charge < -0.3 is 5.32 Å². The van der Waals surface area contributed by atoms with Crippen molar-refractivity contribution in [3.63, 3.8) is 0 Å². The average molecular weight is 262 g/mol. The molecular weight excluding hydrogens is 240 g/mol. The highest BCUT2D eigenvalue weighted by molar-refractivity contribution is 5.32. The van der Waals surface area contributed by atoms with Crippen LogP contribution < -0.4 is 5.32 Å². The Labute approximate surface area is 114 Å². The van der Waals surface area contributed by atoms with Gasteiger partial charge in [0.15, 0.2) is 0 Å². The number of rotatable bonds is 6. The van der Waals surface area contributed by atoms with Gasteiger partial charge in [-0.25, -0.2) is 0 Å². The predicted octanol–water partition coefficient (Wildman–Crippen LogP) is 3.31. The fourth-order valence-electron chi connectivity index (χ4n) is 2.84. The minimum absolute atomic E-state index is 0.165. The van der Waals surface area contributed by atoms with Crippen molar-refractivity contribution in [3.05, 3.63) is 39.9 Å². The number of hydrogen-bond acceptors (Lipinski definition) is 3. The lowest BCUT2D eigenvalue weighted by atomic mass is 10.1. The van der Waals surface area contributed by atoms with E-state index >= 15 is 0 Å². The third kappa shape index (κ3) is 4.03. The zero-order valence-corrected chi connectivity index (χ0v) is 11.5. The lowest BCUT2D eigenvalue weighted by molar-refractivity contribution is -0.384. The highest BCUT2D eigenvalue weighted by Crippen LogP contribution is 2.27. The molecule has 1 N–H and O–H groups in total. The Balaban J connectivity index is 1.72. The van der Waals surface area contributed by atoms with Gasteiger partial charge in [-0.3, -0.25) is 10.1 Å². The van der Waals surface area contributed by atoms with Crippen molar-refractivity contribution in [1.29, 1.82) is 0 Å². The molecule has 4 nitrogen and oxygen atoms in total. The molecule has 1 aromatic rings. The standard InChI is InChI=1S/C15H22N2O2/c1-2-12-3-6-14(11-12)16-10-9-13-4-7-15(8-5-13)17(18)19/h4-5,7-8,12,14,16H,2-3,6,9-11H2,1H3. The molecule has 104 valence electrons. The third-order valence-electron chi connectivity index (χ3n) is 4.11. The van der Waals surface area contributed by atoms with Gasteiger partial charge >= 0.3 is 0 Å². The van der Waals surface area contributed by atoms with Crippen LogP contribution in [-0.2, 0) is 6.42 Å². The van der Waals surface area contributed by atoms with E-state index in [-0.39, 0.29) is 10.6 Å². The van der Waals surface area contributed by atoms with Crippen molar-refractivity contribution in [2.24, 2.45) is 5.92 Å². The van der Waals surface area contributed by atoms with Crippen molar-refractivity contribution in [3.8, 4) is 0 Å². The smallest absolute Gasteiger partial charge is 0.269 e. The van der Waals surface area contributed by atoms with Crippen LogP contribution in [0.15, 0.2) is 24.3 Å². The van der Waals surface area contributed by atoms with Crippen LogP contribution in [0.2, 0.25) is 0 Å². The molecule has 0 aromatic heterocycles. The second-order valence-electron chi connectivity index (χ2n) is 5.41. The summed E-state index contributed by atoms with van der Waals surface area (Å²) in [4.78, 5) is 10.2. The molecule has 0 aliphatic heterocycles. The van der Waals surface area contributed by atoms with Gasteiger partial charge in [0.25, 0.3) is 5.69 Å². The van der Waals surface area contributed by atoms with E-state index in [0.29, 0.717) is 6.04 Å². The Kier molecular flexibility index (Phi) is 4.91. The van der Waals surface area contributed by atoms with E-state index in [1.165, 1.54) is 25.7 Å². The van der Waals surface area contributed by atoms with Crippen LogP contribution in [-0.4, -0.2) is 17.5 Å². The zero-order valence-electron chi connectivity index (χ0n) is 11.5. The predicted molar refractivity (Wildman–Crippen MR) is 76.2 cm³/mol. The van der Waals surface area contributed by atoms with Gasteiger partial charge in [0.2, 0.25) is 0 Å². The maximum Gasteiger partial charge on any atom is 0.269 e. The van der Waals surface area contributed by atoms with E-state index in [1.807, 2.05) is 12.1 Å². The molecule has 1 aromatic carbocycles. The first-order valence-electron chi connectivity index (χ1n) is 7.15. The second kappa shape index (κ2) is 6.66. The molecule has 2 rings (SSSR count). The zero-order chi connectivity index (χ0) is 13.7. The highest BCUT2D eigenvalue weighted by atomic mass is 16.6. The van der Waals surface area contributed by atoms with Crippen molar-refractivity contribution in [2.45, 2.75) is 45.1 Å². The molecule has 2 unspecified atom stereocenters. The average Bonchev–Trinajstić information content (AvgIpc) is 2.87. The van der Waals surface area contributed by atoms with Gasteiger partial charge in [-0.15, -0.1) is 0 Å². The van der Waals surface area contributed by atoms with E-state index in [0.717, 1.165) is 24.4 Å². The topological polar surface area (TPSA) is 55.2 Å². The lowest BCUT2D eigenvalue weighted by Gasteiger charge is -2.12. The molecule has 0 amide bonds. The van der Waals surface area contributed by atoms with Crippen molar-refractivity contribution < 1.29 is 4.92 Å². The molecule has 4 heteroatoms. The maximum absolute atomic E-state index is 10.6. The summed E-state index contributed by atoms with van der Waals surface area (Å²) in [5, 5.41) is 14.2. The van der Waals surface area contributed by atoms with Gasteiger partial charge in [-0.1, -0.05) is 25.5 Å². The highest BCUT2D eigenvalue weighted by Gasteiger charge is 2.22. The molecule has 0 heterocycles. The number of non-ortho nitro benzene ring substituents is 1. The molecule has 0 spiro atoms. The van der Waals surface area contributed by atoms with Crippen LogP contribution >= 0.6 is 0 Å². The van der Waals surface area contributed by atoms with Gasteiger partial charge in [0.05, 0.1) is 4.92 Å². The molecule has 2 atom stereocenters. The minimum atomic E-state index is -0.356. The molecule has 19 heavy (non-hydrogen) atoms. The monoisotopic (exact) mass is 262 g/mol. The number of nitrogens with one attached hydrogen (secondary N) is 1.